The smallest absolute Gasteiger partial charge is 0.321 e. The molecule has 134 valence electrons. The van der Waals surface area contributed by atoms with Gasteiger partial charge in [0.1, 0.15) is 11.5 Å². The van der Waals surface area contributed by atoms with Gasteiger partial charge in [-0.1, -0.05) is 0 Å². The molecule has 6 heteroatoms. The molecule has 0 unspecified atom stereocenters. The zero-order valence-corrected chi connectivity index (χ0v) is 15.0. The minimum atomic E-state index is -0.0791. The summed E-state index contributed by atoms with van der Waals surface area (Å²) in [6.45, 7) is 1.21. The number of hydrogen-bond donors (Lipinski definition) is 1. The van der Waals surface area contributed by atoms with E-state index in [-0.39, 0.29) is 12.1 Å². The van der Waals surface area contributed by atoms with Crippen molar-refractivity contribution in [3.05, 3.63) is 47.9 Å². The Morgan fingerprint density at radius 1 is 1.40 bits per heavy atom. The van der Waals surface area contributed by atoms with Crippen LogP contribution in [0.5, 0.6) is 5.75 Å². The molecule has 1 N–H and O–H groups in total. The molecule has 3 rings (SSSR count). The van der Waals surface area contributed by atoms with Gasteiger partial charge in [-0.15, -0.1) is 0 Å². The van der Waals surface area contributed by atoms with Crippen molar-refractivity contribution in [1.82, 2.24) is 10.2 Å². The Hall–Kier alpha value is -2.47. The molecule has 1 atom stereocenters. The summed E-state index contributed by atoms with van der Waals surface area (Å²) in [5.41, 5.74) is 2.11. The highest BCUT2D eigenvalue weighted by atomic mass is 16.5. The minimum Gasteiger partial charge on any atom is -0.497 e. The lowest BCUT2D eigenvalue weighted by Crippen LogP contribution is -2.45. The second-order valence-corrected chi connectivity index (χ2v) is 6.43. The van der Waals surface area contributed by atoms with E-state index in [4.69, 9.17) is 9.15 Å². The molecule has 1 aromatic carbocycles. The molecule has 1 aromatic heterocycles. The maximum Gasteiger partial charge on any atom is 0.321 e. The van der Waals surface area contributed by atoms with E-state index in [0.29, 0.717) is 6.54 Å². The molecule has 2 heterocycles. The van der Waals surface area contributed by atoms with Crippen molar-refractivity contribution < 1.29 is 13.9 Å². The lowest BCUT2D eigenvalue weighted by molar-refractivity contribution is 0.229. The van der Waals surface area contributed by atoms with Crippen LogP contribution in [-0.2, 0) is 6.42 Å². The Labute approximate surface area is 148 Å². The third kappa shape index (κ3) is 3.79. The van der Waals surface area contributed by atoms with Crippen LogP contribution >= 0.6 is 0 Å². The first-order valence-electron chi connectivity index (χ1n) is 8.52. The van der Waals surface area contributed by atoms with Crippen LogP contribution in [-0.4, -0.2) is 45.2 Å². The van der Waals surface area contributed by atoms with Crippen LogP contribution in [0.1, 0.15) is 23.8 Å². The lowest BCUT2D eigenvalue weighted by atomic mass is 10.0. The van der Waals surface area contributed by atoms with E-state index in [0.717, 1.165) is 42.1 Å². The molecule has 0 saturated heterocycles. The van der Waals surface area contributed by atoms with Crippen LogP contribution in [0.4, 0.5) is 10.5 Å². The molecular formula is C19H25N3O3. The van der Waals surface area contributed by atoms with Crippen molar-refractivity contribution in [1.29, 1.82) is 0 Å². The molecule has 0 spiro atoms. The first kappa shape index (κ1) is 17.4. The number of ether oxygens (including phenoxy) is 1. The number of hydrogen-bond acceptors (Lipinski definition) is 4. The summed E-state index contributed by atoms with van der Waals surface area (Å²) in [5.74, 6) is 1.67. The number of likely N-dealkylation sites (N-methyl/N-ethyl adjacent to an activating group) is 1. The zero-order valence-electron chi connectivity index (χ0n) is 15.0. The summed E-state index contributed by atoms with van der Waals surface area (Å²) in [6, 6.07) is 9.59. The third-order valence-electron chi connectivity index (χ3n) is 4.59. The van der Waals surface area contributed by atoms with Crippen molar-refractivity contribution in [2.75, 3.05) is 39.2 Å². The van der Waals surface area contributed by atoms with Crippen molar-refractivity contribution in [3.8, 4) is 5.75 Å². The first-order chi connectivity index (χ1) is 12.1. The van der Waals surface area contributed by atoms with Gasteiger partial charge in [0.05, 0.1) is 19.4 Å². The van der Waals surface area contributed by atoms with Gasteiger partial charge in [-0.2, -0.15) is 0 Å². The molecule has 0 fully saturated rings. The summed E-state index contributed by atoms with van der Waals surface area (Å²) in [6.07, 6.45) is 3.56. The van der Waals surface area contributed by atoms with E-state index in [2.05, 4.69) is 5.32 Å². The molecule has 1 aliphatic rings. The van der Waals surface area contributed by atoms with Crippen molar-refractivity contribution in [2.45, 2.75) is 18.9 Å². The number of carbonyl (C=O) groups is 1. The van der Waals surface area contributed by atoms with E-state index in [1.54, 1.807) is 13.4 Å². The predicted molar refractivity (Wildman–Crippen MR) is 97.2 cm³/mol. The topological polar surface area (TPSA) is 58.0 Å². The maximum absolute atomic E-state index is 12.7. The van der Waals surface area contributed by atoms with Gasteiger partial charge in [0.15, 0.2) is 0 Å². The monoisotopic (exact) mass is 343 g/mol. The standard InChI is InChI=1S/C19H25N3O3/c1-21(2)17(18-7-5-11-25-18)13-20-19(23)22-10-4-6-14-12-15(24-3)8-9-16(14)22/h5,7-9,11-12,17H,4,6,10,13H2,1-3H3,(H,20,23)/t17-/m0/s1. The number of urea groups is 1. The molecule has 0 aliphatic carbocycles. The number of rotatable bonds is 5. The summed E-state index contributed by atoms with van der Waals surface area (Å²) in [4.78, 5) is 16.6. The number of aryl methyl sites for hydroxylation is 1. The summed E-state index contributed by atoms with van der Waals surface area (Å²) < 4.78 is 10.8. The molecule has 2 amide bonds. The Balaban J connectivity index is 1.70. The second-order valence-electron chi connectivity index (χ2n) is 6.43. The van der Waals surface area contributed by atoms with Gasteiger partial charge in [0.2, 0.25) is 0 Å². The van der Waals surface area contributed by atoms with Crippen LogP contribution in [0.3, 0.4) is 0 Å². The van der Waals surface area contributed by atoms with Crippen LogP contribution in [0, 0.1) is 0 Å². The first-order valence-corrected chi connectivity index (χ1v) is 8.52. The molecule has 0 radical (unpaired) electrons. The van der Waals surface area contributed by atoms with Gasteiger partial charge in [-0.05, 0) is 62.8 Å². The number of nitrogens with zero attached hydrogens (tertiary/aromatic N) is 2. The fraction of sp³-hybridized carbons (Fsp3) is 0.421. The van der Waals surface area contributed by atoms with Gasteiger partial charge < -0.3 is 14.5 Å². The molecule has 2 aromatic rings. The molecule has 0 bridgehead atoms. The third-order valence-corrected chi connectivity index (χ3v) is 4.59. The fourth-order valence-electron chi connectivity index (χ4n) is 3.21. The lowest BCUT2D eigenvalue weighted by Gasteiger charge is -2.31. The van der Waals surface area contributed by atoms with Crippen LogP contribution in [0.25, 0.3) is 0 Å². The Kier molecular flexibility index (Phi) is 5.28. The summed E-state index contributed by atoms with van der Waals surface area (Å²) >= 11 is 0. The number of carbonyl (C=O) groups excluding carboxylic acids is 1. The number of methoxy groups -OCH3 is 1. The van der Waals surface area contributed by atoms with Gasteiger partial charge in [0, 0.05) is 18.8 Å². The Morgan fingerprint density at radius 3 is 2.92 bits per heavy atom. The summed E-state index contributed by atoms with van der Waals surface area (Å²) in [7, 11) is 5.61. The van der Waals surface area contributed by atoms with Crippen molar-refractivity contribution in [2.24, 2.45) is 0 Å². The quantitative estimate of drug-likeness (QED) is 0.906. The van der Waals surface area contributed by atoms with E-state index in [1.165, 1.54) is 0 Å². The van der Waals surface area contributed by atoms with Crippen molar-refractivity contribution in [3.63, 3.8) is 0 Å². The average Bonchev–Trinajstić information content (AvgIpc) is 3.14. The van der Waals surface area contributed by atoms with E-state index >= 15 is 0 Å². The fourth-order valence-corrected chi connectivity index (χ4v) is 3.21. The number of nitrogens with one attached hydrogen (secondary N) is 1. The highest BCUT2D eigenvalue weighted by Crippen LogP contribution is 2.30. The largest absolute Gasteiger partial charge is 0.497 e. The number of furan rings is 1. The molecule has 0 saturated carbocycles. The molecule has 6 nitrogen and oxygen atoms in total. The maximum atomic E-state index is 12.7. The molecule has 1 aliphatic heterocycles. The predicted octanol–water partition coefficient (Wildman–Crippen LogP) is 3.05. The van der Waals surface area contributed by atoms with Gasteiger partial charge in [-0.25, -0.2) is 4.79 Å². The SMILES string of the molecule is COc1ccc2c(c1)CCCN2C(=O)NC[C@@H](c1ccco1)N(C)C. The van der Waals surface area contributed by atoms with E-state index in [1.807, 2.05) is 54.2 Å². The Bertz CT molecular complexity index is 713. The van der Waals surface area contributed by atoms with Gasteiger partial charge in [-0.3, -0.25) is 9.80 Å². The number of anilines is 1. The second kappa shape index (κ2) is 7.61. The number of fused-ring (bicyclic) bond motifs is 1. The number of amides is 2. The van der Waals surface area contributed by atoms with Crippen molar-refractivity contribution >= 4 is 11.7 Å². The Morgan fingerprint density at radius 2 is 2.24 bits per heavy atom. The zero-order chi connectivity index (χ0) is 17.8. The van der Waals surface area contributed by atoms with E-state index < -0.39 is 0 Å². The normalized spacial score (nSPS) is 15.0. The molecular weight excluding hydrogens is 318 g/mol. The molecule has 25 heavy (non-hydrogen) atoms. The summed E-state index contributed by atoms with van der Waals surface area (Å²) in [5, 5.41) is 3.05. The average molecular weight is 343 g/mol. The minimum absolute atomic E-state index is 0.000853. The van der Waals surface area contributed by atoms with Gasteiger partial charge in [0.25, 0.3) is 0 Å². The number of benzene rings is 1. The highest BCUT2D eigenvalue weighted by molar-refractivity contribution is 5.93. The van der Waals surface area contributed by atoms with Crippen LogP contribution < -0.4 is 15.0 Å². The van der Waals surface area contributed by atoms with Gasteiger partial charge >= 0.3 is 6.03 Å². The van der Waals surface area contributed by atoms with Crippen LogP contribution in [0.15, 0.2) is 41.0 Å². The van der Waals surface area contributed by atoms with E-state index in [9.17, 15) is 4.79 Å². The highest BCUT2D eigenvalue weighted by Gasteiger charge is 2.24. The van der Waals surface area contributed by atoms with Crippen LogP contribution in [0.2, 0.25) is 0 Å².